The van der Waals surface area contributed by atoms with Gasteiger partial charge in [-0.1, -0.05) is 31.5 Å². The molecule has 0 fully saturated rings. The van der Waals surface area contributed by atoms with Crippen molar-refractivity contribution in [3.05, 3.63) is 70.5 Å². The molecule has 0 unspecified atom stereocenters. The van der Waals surface area contributed by atoms with Crippen molar-refractivity contribution in [2.45, 2.75) is 19.8 Å². The number of benzene rings is 2. The normalized spacial score (nSPS) is 11.4. The SMILES string of the molecule is CCCCN=C(N)c1c(Nc2ccc(Oc3ccccc3)cc2)s[nH]c1=O. The molecule has 0 radical (unpaired) electrons. The number of unbranched alkanes of at least 4 members (excludes halogenated alkanes) is 1. The number of aliphatic imine (C=N–C) groups is 1. The highest BCUT2D eigenvalue weighted by Gasteiger charge is 2.14. The second-order valence-electron chi connectivity index (χ2n) is 5.92. The molecule has 4 N–H and O–H groups in total. The van der Waals surface area contributed by atoms with Crippen LogP contribution in [0, 0.1) is 0 Å². The van der Waals surface area contributed by atoms with E-state index in [1.165, 1.54) is 11.5 Å². The van der Waals surface area contributed by atoms with Crippen molar-refractivity contribution in [3.63, 3.8) is 0 Å². The zero-order valence-corrected chi connectivity index (χ0v) is 15.9. The molecule has 27 heavy (non-hydrogen) atoms. The number of nitrogens with zero attached hydrogens (tertiary/aromatic N) is 1. The molecule has 140 valence electrons. The summed E-state index contributed by atoms with van der Waals surface area (Å²) in [6.07, 6.45) is 1.97. The summed E-state index contributed by atoms with van der Waals surface area (Å²) < 4.78 is 8.50. The number of aromatic nitrogens is 1. The second-order valence-corrected chi connectivity index (χ2v) is 6.74. The van der Waals surface area contributed by atoms with Crippen LogP contribution in [0.15, 0.2) is 64.4 Å². The average Bonchev–Trinajstić information content (AvgIpc) is 3.04. The Morgan fingerprint density at radius 3 is 2.56 bits per heavy atom. The molecule has 0 saturated heterocycles. The van der Waals surface area contributed by atoms with Crippen LogP contribution in [-0.2, 0) is 0 Å². The van der Waals surface area contributed by atoms with Gasteiger partial charge in [0.05, 0.1) is 0 Å². The number of hydrogen-bond donors (Lipinski definition) is 3. The number of aromatic amines is 1. The van der Waals surface area contributed by atoms with Gasteiger partial charge in [0.25, 0.3) is 5.56 Å². The van der Waals surface area contributed by atoms with Gasteiger partial charge in [-0.25, -0.2) is 0 Å². The van der Waals surface area contributed by atoms with Crippen LogP contribution in [0.3, 0.4) is 0 Å². The van der Waals surface area contributed by atoms with E-state index in [2.05, 4.69) is 21.6 Å². The molecule has 7 heteroatoms. The fourth-order valence-electron chi connectivity index (χ4n) is 2.42. The van der Waals surface area contributed by atoms with E-state index in [1.807, 2.05) is 54.6 Å². The third kappa shape index (κ3) is 4.98. The first kappa shape index (κ1) is 18.7. The van der Waals surface area contributed by atoms with Crippen molar-refractivity contribution in [2.24, 2.45) is 10.7 Å². The molecular weight excluding hydrogens is 360 g/mol. The van der Waals surface area contributed by atoms with Gasteiger partial charge in [0.15, 0.2) is 0 Å². The summed E-state index contributed by atoms with van der Waals surface area (Å²) in [5.41, 5.74) is 7.01. The summed E-state index contributed by atoms with van der Waals surface area (Å²) in [7, 11) is 0. The standard InChI is InChI=1S/C20H22N4O2S/c1-2-3-13-22-18(21)17-19(25)24-27-20(17)23-14-9-11-16(12-10-14)26-15-7-5-4-6-8-15/h4-12,23H,2-3,13H2,1H3,(H2,21,22)(H,24,25). The smallest absolute Gasteiger partial charge is 0.271 e. The Hall–Kier alpha value is -3.06. The molecule has 0 bridgehead atoms. The van der Waals surface area contributed by atoms with Crippen molar-refractivity contribution < 1.29 is 4.74 Å². The predicted molar refractivity (Wildman–Crippen MR) is 112 cm³/mol. The first-order chi connectivity index (χ1) is 13.2. The molecule has 0 spiro atoms. The second kappa shape index (κ2) is 9.05. The van der Waals surface area contributed by atoms with Crippen LogP contribution < -0.4 is 21.3 Å². The molecule has 0 saturated carbocycles. The van der Waals surface area contributed by atoms with Crippen LogP contribution in [0.25, 0.3) is 0 Å². The number of nitrogens with two attached hydrogens (primary N) is 1. The molecule has 3 aromatic rings. The Balaban J connectivity index is 1.72. The molecule has 6 nitrogen and oxygen atoms in total. The van der Waals surface area contributed by atoms with E-state index in [-0.39, 0.29) is 11.4 Å². The summed E-state index contributed by atoms with van der Waals surface area (Å²) >= 11 is 1.20. The van der Waals surface area contributed by atoms with E-state index in [0.29, 0.717) is 17.1 Å². The Labute approximate surface area is 161 Å². The van der Waals surface area contributed by atoms with Gasteiger partial charge in [0.1, 0.15) is 27.9 Å². The van der Waals surface area contributed by atoms with Gasteiger partial charge >= 0.3 is 0 Å². The van der Waals surface area contributed by atoms with Gasteiger partial charge in [-0.15, -0.1) is 0 Å². The molecular formula is C20H22N4O2S. The van der Waals surface area contributed by atoms with Crippen LogP contribution in [0.4, 0.5) is 10.7 Å². The number of rotatable bonds is 8. The van der Waals surface area contributed by atoms with Crippen molar-refractivity contribution in [1.29, 1.82) is 0 Å². The Kier molecular flexibility index (Phi) is 6.27. The quantitative estimate of drug-likeness (QED) is 0.304. The lowest BCUT2D eigenvalue weighted by Gasteiger charge is -2.08. The van der Waals surface area contributed by atoms with Crippen molar-refractivity contribution in [1.82, 2.24) is 4.37 Å². The fraction of sp³-hybridized carbons (Fsp3) is 0.200. The van der Waals surface area contributed by atoms with Crippen molar-refractivity contribution in [2.75, 3.05) is 11.9 Å². The maximum Gasteiger partial charge on any atom is 0.271 e. The molecule has 0 aliphatic carbocycles. The van der Waals surface area contributed by atoms with Gasteiger partial charge in [-0.05, 0) is 54.4 Å². The minimum Gasteiger partial charge on any atom is -0.457 e. The summed E-state index contributed by atoms with van der Waals surface area (Å²) in [5.74, 6) is 1.77. The molecule has 0 atom stereocenters. The van der Waals surface area contributed by atoms with Crippen LogP contribution >= 0.6 is 11.5 Å². The number of para-hydroxylation sites is 1. The molecule has 0 aliphatic rings. The average molecular weight is 382 g/mol. The Morgan fingerprint density at radius 2 is 1.85 bits per heavy atom. The third-order valence-corrected chi connectivity index (χ3v) is 4.64. The number of amidine groups is 1. The predicted octanol–water partition coefficient (Wildman–Crippen LogP) is 4.48. The summed E-state index contributed by atoms with van der Waals surface area (Å²) in [4.78, 5) is 16.4. The van der Waals surface area contributed by atoms with E-state index in [9.17, 15) is 4.79 Å². The highest BCUT2D eigenvalue weighted by atomic mass is 32.1. The van der Waals surface area contributed by atoms with Gasteiger partial charge in [0.2, 0.25) is 0 Å². The minimum absolute atomic E-state index is 0.232. The van der Waals surface area contributed by atoms with Crippen LogP contribution in [0.2, 0.25) is 0 Å². The number of ether oxygens (including phenoxy) is 1. The van der Waals surface area contributed by atoms with E-state index in [4.69, 9.17) is 10.5 Å². The number of H-pyrrole nitrogens is 1. The Bertz CT molecular complexity index is 946. The molecule has 1 heterocycles. The van der Waals surface area contributed by atoms with Crippen molar-refractivity contribution >= 4 is 28.1 Å². The van der Waals surface area contributed by atoms with Crippen LogP contribution in [0.1, 0.15) is 25.3 Å². The highest BCUT2D eigenvalue weighted by molar-refractivity contribution is 7.10. The first-order valence-corrected chi connectivity index (χ1v) is 9.60. The third-order valence-electron chi connectivity index (χ3n) is 3.84. The lowest BCUT2D eigenvalue weighted by molar-refractivity contribution is 0.483. The number of hydrogen-bond acceptors (Lipinski definition) is 5. The first-order valence-electron chi connectivity index (χ1n) is 8.79. The van der Waals surface area contributed by atoms with Gasteiger partial charge in [0, 0.05) is 12.2 Å². The summed E-state index contributed by atoms with van der Waals surface area (Å²) in [6.45, 7) is 2.70. The zero-order chi connectivity index (χ0) is 19.1. The number of anilines is 2. The maximum absolute atomic E-state index is 12.1. The topological polar surface area (TPSA) is 92.5 Å². The number of nitrogens with one attached hydrogen (secondary N) is 2. The van der Waals surface area contributed by atoms with Gasteiger partial charge < -0.3 is 15.8 Å². The molecule has 3 rings (SSSR count). The van der Waals surface area contributed by atoms with E-state index < -0.39 is 0 Å². The zero-order valence-electron chi connectivity index (χ0n) is 15.1. The van der Waals surface area contributed by atoms with Crippen LogP contribution in [0.5, 0.6) is 11.5 Å². The summed E-state index contributed by atoms with van der Waals surface area (Å²) in [6, 6.07) is 17.1. The molecule has 0 amide bonds. The van der Waals surface area contributed by atoms with E-state index in [0.717, 1.165) is 30.0 Å². The molecule has 1 aromatic heterocycles. The van der Waals surface area contributed by atoms with Crippen molar-refractivity contribution in [3.8, 4) is 11.5 Å². The monoisotopic (exact) mass is 382 g/mol. The fourth-order valence-corrected chi connectivity index (χ4v) is 3.19. The van der Waals surface area contributed by atoms with Gasteiger partial charge in [-0.2, -0.15) is 0 Å². The minimum atomic E-state index is -0.232. The van der Waals surface area contributed by atoms with Crippen LogP contribution in [-0.4, -0.2) is 16.8 Å². The lowest BCUT2D eigenvalue weighted by Crippen LogP contribution is -2.22. The maximum atomic E-state index is 12.1. The van der Waals surface area contributed by atoms with Gasteiger partial charge in [-0.3, -0.25) is 14.2 Å². The summed E-state index contributed by atoms with van der Waals surface area (Å²) in [5, 5.41) is 3.87. The van der Waals surface area contributed by atoms with E-state index in [1.54, 1.807) is 0 Å². The van der Waals surface area contributed by atoms with E-state index >= 15 is 0 Å². The Morgan fingerprint density at radius 1 is 1.15 bits per heavy atom. The lowest BCUT2D eigenvalue weighted by atomic mass is 10.2. The molecule has 0 aliphatic heterocycles. The largest absolute Gasteiger partial charge is 0.457 e. The highest BCUT2D eigenvalue weighted by Crippen LogP contribution is 2.26. The molecule has 2 aromatic carbocycles.